The number of carbonyl (C=O) groups is 1. The number of alkyl halides is 3. The SMILES string of the molecule is CCNC(=O)CN(C)Cc1ccc(C(F)(F)F)cc1. The largest absolute Gasteiger partial charge is 0.416 e. The number of likely N-dealkylation sites (N-methyl/N-ethyl adjacent to an activating group) is 2. The van der Waals surface area contributed by atoms with Crippen LogP contribution in [0.25, 0.3) is 0 Å². The molecule has 0 heterocycles. The second-order valence-electron chi connectivity index (χ2n) is 4.32. The van der Waals surface area contributed by atoms with Crippen molar-refractivity contribution in [2.75, 3.05) is 20.1 Å². The molecular weight excluding hydrogens is 257 g/mol. The minimum atomic E-state index is -4.31. The number of hydrogen-bond donors (Lipinski definition) is 1. The van der Waals surface area contributed by atoms with Crippen molar-refractivity contribution in [3.05, 3.63) is 35.4 Å². The fourth-order valence-electron chi connectivity index (χ4n) is 1.66. The van der Waals surface area contributed by atoms with E-state index in [0.717, 1.165) is 17.7 Å². The van der Waals surface area contributed by atoms with Gasteiger partial charge in [-0.25, -0.2) is 0 Å². The average Bonchev–Trinajstić information content (AvgIpc) is 2.28. The van der Waals surface area contributed by atoms with Crippen molar-refractivity contribution >= 4 is 5.91 Å². The molecule has 1 amide bonds. The van der Waals surface area contributed by atoms with E-state index in [-0.39, 0.29) is 12.5 Å². The van der Waals surface area contributed by atoms with Crippen LogP contribution in [0.5, 0.6) is 0 Å². The minimum absolute atomic E-state index is 0.100. The molecule has 0 aliphatic carbocycles. The van der Waals surface area contributed by atoms with Gasteiger partial charge in [-0.05, 0) is 31.7 Å². The summed E-state index contributed by atoms with van der Waals surface area (Å²) in [6.45, 7) is 3.03. The quantitative estimate of drug-likeness (QED) is 0.893. The first-order chi connectivity index (χ1) is 8.82. The van der Waals surface area contributed by atoms with E-state index in [0.29, 0.717) is 13.1 Å². The number of amides is 1. The fraction of sp³-hybridized carbons (Fsp3) is 0.462. The molecule has 0 aromatic heterocycles. The highest BCUT2D eigenvalue weighted by molar-refractivity contribution is 5.77. The third-order valence-electron chi connectivity index (χ3n) is 2.52. The van der Waals surface area contributed by atoms with Crippen molar-refractivity contribution in [1.82, 2.24) is 10.2 Å². The lowest BCUT2D eigenvalue weighted by Crippen LogP contribution is -2.34. The molecule has 0 saturated carbocycles. The van der Waals surface area contributed by atoms with Crippen LogP contribution in [0, 0.1) is 0 Å². The highest BCUT2D eigenvalue weighted by Crippen LogP contribution is 2.29. The molecule has 1 rings (SSSR count). The monoisotopic (exact) mass is 274 g/mol. The van der Waals surface area contributed by atoms with Gasteiger partial charge in [0.1, 0.15) is 0 Å². The summed E-state index contributed by atoms with van der Waals surface area (Å²) in [6, 6.07) is 4.96. The van der Waals surface area contributed by atoms with E-state index in [9.17, 15) is 18.0 Å². The molecule has 1 aromatic carbocycles. The van der Waals surface area contributed by atoms with E-state index >= 15 is 0 Å². The van der Waals surface area contributed by atoms with Crippen molar-refractivity contribution in [2.45, 2.75) is 19.6 Å². The molecule has 0 aliphatic heterocycles. The molecule has 0 bridgehead atoms. The van der Waals surface area contributed by atoms with Crippen LogP contribution in [0.1, 0.15) is 18.1 Å². The molecule has 0 radical (unpaired) electrons. The topological polar surface area (TPSA) is 32.3 Å². The molecule has 1 N–H and O–H groups in total. The van der Waals surface area contributed by atoms with Gasteiger partial charge in [-0.1, -0.05) is 12.1 Å². The van der Waals surface area contributed by atoms with E-state index in [1.165, 1.54) is 12.1 Å². The number of nitrogens with one attached hydrogen (secondary N) is 1. The first kappa shape index (κ1) is 15.5. The molecule has 106 valence electrons. The van der Waals surface area contributed by atoms with Crippen LogP contribution in [0.2, 0.25) is 0 Å². The Hall–Kier alpha value is -1.56. The lowest BCUT2D eigenvalue weighted by Gasteiger charge is -2.16. The zero-order valence-corrected chi connectivity index (χ0v) is 10.9. The van der Waals surface area contributed by atoms with Gasteiger partial charge in [-0.15, -0.1) is 0 Å². The number of rotatable bonds is 5. The van der Waals surface area contributed by atoms with E-state index < -0.39 is 11.7 Å². The Morgan fingerprint density at radius 3 is 2.32 bits per heavy atom. The van der Waals surface area contributed by atoms with Gasteiger partial charge in [0.2, 0.25) is 5.91 Å². The number of halogens is 3. The smallest absolute Gasteiger partial charge is 0.355 e. The number of hydrogen-bond acceptors (Lipinski definition) is 2. The van der Waals surface area contributed by atoms with Crippen LogP contribution in [0.4, 0.5) is 13.2 Å². The van der Waals surface area contributed by atoms with Crippen LogP contribution in [-0.4, -0.2) is 30.9 Å². The molecule has 6 heteroatoms. The minimum Gasteiger partial charge on any atom is -0.355 e. The van der Waals surface area contributed by atoms with Gasteiger partial charge in [-0.2, -0.15) is 13.2 Å². The second kappa shape index (κ2) is 6.56. The molecule has 0 fully saturated rings. The summed E-state index contributed by atoms with van der Waals surface area (Å²) in [5, 5.41) is 2.66. The van der Waals surface area contributed by atoms with Crippen LogP contribution in [0.3, 0.4) is 0 Å². The highest BCUT2D eigenvalue weighted by atomic mass is 19.4. The Kier molecular flexibility index (Phi) is 5.35. The molecule has 0 aliphatic rings. The molecule has 0 atom stereocenters. The lowest BCUT2D eigenvalue weighted by atomic mass is 10.1. The molecule has 3 nitrogen and oxygen atoms in total. The van der Waals surface area contributed by atoms with Crippen LogP contribution in [0.15, 0.2) is 24.3 Å². The zero-order chi connectivity index (χ0) is 14.5. The van der Waals surface area contributed by atoms with Gasteiger partial charge in [-0.3, -0.25) is 9.69 Å². The summed E-state index contributed by atoms with van der Waals surface area (Å²) in [5.74, 6) is -0.100. The van der Waals surface area contributed by atoms with Gasteiger partial charge in [0, 0.05) is 13.1 Å². The third kappa shape index (κ3) is 5.30. The maximum atomic E-state index is 12.4. The average molecular weight is 274 g/mol. The molecule has 19 heavy (non-hydrogen) atoms. The molecule has 0 unspecified atom stereocenters. The Morgan fingerprint density at radius 2 is 1.84 bits per heavy atom. The summed E-state index contributed by atoms with van der Waals surface area (Å²) >= 11 is 0. The van der Waals surface area contributed by atoms with E-state index in [1.807, 2.05) is 6.92 Å². The van der Waals surface area contributed by atoms with Crippen molar-refractivity contribution in [1.29, 1.82) is 0 Å². The summed E-state index contributed by atoms with van der Waals surface area (Å²) in [4.78, 5) is 13.1. The van der Waals surface area contributed by atoms with Gasteiger partial charge < -0.3 is 5.32 Å². The zero-order valence-electron chi connectivity index (χ0n) is 10.9. The van der Waals surface area contributed by atoms with Crippen LogP contribution in [-0.2, 0) is 17.5 Å². The van der Waals surface area contributed by atoms with Gasteiger partial charge in [0.05, 0.1) is 12.1 Å². The predicted octanol–water partition coefficient (Wildman–Crippen LogP) is 2.27. The maximum Gasteiger partial charge on any atom is 0.416 e. The number of benzene rings is 1. The molecule has 0 saturated heterocycles. The second-order valence-corrected chi connectivity index (χ2v) is 4.32. The van der Waals surface area contributed by atoms with E-state index in [4.69, 9.17) is 0 Å². The predicted molar refractivity (Wildman–Crippen MR) is 66.5 cm³/mol. The molecule has 1 aromatic rings. The standard InChI is InChI=1S/C13H17F3N2O/c1-3-17-12(19)9-18(2)8-10-4-6-11(7-5-10)13(14,15)16/h4-7H,3,8-9H2,1-2H3,(H,17,19). The number of carbonyl (C=O) groups excluding carboxylic acids is 1. The van der Waals surface area contributed by atoms with Crippen molar-refractivity contribution < 1.29 is 18.0 Å². The van der Waals surface area contributed by atoms with Crippen molar-refractivity contribution in [3.8, 4) is 0 Å². The van der Waals surface area contributed by atoms with Crippen LogP contribution < -0.4 is 5.32 Å². The van der Waals surface area contributed by atoms with E-state index in [1.54, 1.807) is 11.9 Å². The van der Waals surface area contributed by atoms with Crippen LogP contribution >= 0.6 is 0 Å². The van der Waals surface area contributed by atoms with Gasteiger partial charge in [0.15, 0.2) is 0 Å². The number of nitrogens with zero attached hydrogens (tertiary/aromatic N) is 1. The van der Waals surface area contributed by atoms with Gasteiger partial charge in [0.25, 0.3) is 0 Å². The Morgan fingerprint density at radius 1 is 1.26 bits per heavy atom. The summed E-state index contributed by atoms with van der Waals surface area (Å²) in [5.41, 5.74) is 0.0717. The van der Waals surface area contributed by atoms with E-state index in [2.05, 4.69) is 5.32 Å². The molecule has 0 spiro atoms. The summed E-state index contributed by atoms with van der Waals surface area (Å²) in [6.07, 6.45) is -4.31. The third-order valence-corrected chi connectivity index (χ3v) is 2.52. The Balaban J connectivity index is 2.56. The Bertz CT molecular complexity index is 415. The summed E-state index contributed by atoms with van der Waals surface area (Å²) < 4.78 is 37.1. The Labute approximate surface area is 110 Å². The maximum absolute atomic E-state index is 12.4. The highest BCUT2D eigenvalue weighted by Gasteiger charge is 2.29. The fourth-order valence-corrected chi connectivity index (χ4v) is 1.66. The summed E-state index contributed by atoms with van der Waals surface area (Å²) in [7, 11) is 1.74. The van der Waals surface area contributed by atoms with Crippen molar-refractivity contribution in [3.63, 3.8) is 0 Å². The lowest BCUT2D eigenvalue weighted by molar-refractivity contribution is -0.137. The van der Waals surface area contributed by atoms with Crippen molar-refractivity contribution in [2.24, 2.45) is 0 Å². The first-order valence-electron chi connectivity index (χ1n) is 5.94. The normalized spacial score (nSPS) is 11.7. The van der Waals surface area contributed by atoms with Gasteiger partial charge >= 0.3 is 6.18 Å². The first-order valence-corrected chi connectivity index (χ1v) is 5.94. The molecular formula is C13H17F3N2O.